The SMILES string of the molecule is COC(=O)CNC(=O)C1CCN(C(=O)OCC(C)C)CC1. The Morgan fingerprint density at radius 2 is 1.86 bits per heavy atom. The fraction of sp³-hybridized carbons (Fsp3) is 0.786. The number of hydrogen-bond donors (Lipinski definition) is 1. The van der Waals surface area contributed by atoms with Gasteiger partial charge in [-0.25, -0.2) is 4.79 Å². The van der Waals surface area contributed by atoms with Gasteiger partial charge in [0, 0.05) is 19.0 Å². The van der Waals surface area contributed by atoms with Gasteiger partial charge in [0.05, 0.1) is 13.7 Å². The Labute approximate surface area is 124 Å². The lowest BCUT2D eigenvalue weighted by Gasteiger charge is -2.30. The third-order valence-corrected chi connectivity index (χ3v) is 3.30. The lowest BCUT2D eigenvalue weighted by Crippen LogP contribution is -2.44. The molecule has 0 bridgehead atoms. The van der Waals surface area contributed by atoms with Crippen LogP contribution in [0.3, 0.4) is 0 Å². The molecule has 1 N–H and O–H groups in total. The normalized spacial score (nSPS) is 15.7. The van der Waals surface area contributed by atoms with E-state index in [1.54, 1.807) is 4.90 Å². The Morgan fingerprint density at radius 3 is 2.38 bits per heavy atom. The highest BCUT2D eigenvalue weighted by Gasteiger charge is 2.28. The van der Waals surface area contributed by atoms with Crippen LogP contribution in [0.25, 0.3) is 0 Å². The Bertz CT molecular complexity index is 376. The van der Waals surface area contributed by atoms with Crippen LogP contribution in [-0.2, 0) is 19.1 Å². The first kappa shape index (κ1) is 17.3. The molecule has 7 heteroatoms. The van der Waals surface area contributed by atoms with Gasteiger partial charge in [0.1, 0.15) is 6.54 Å². The number of hydrogen-bond acceptors (Lipinski definition) is 5. The Morgan fingerprint density at radius 1 is 1.24 bits per heavy atom. The van der Waals surface area contributed by atoms with Crippen LogP contribution in [0.4, 0.5) is 4.79 Å². The van der Waals surface area contributed by atoms with E-state index in [9.17, 15) is 14.4 Å². The number of likely N-dealkylation sites (tertiary alicyclic amines) is 1. The minimum Gasteiger partial charge on any atom is -0.468 e. The molecular weight excluding hydrogens is 276 g/mol. The first-order chi connectivity index (χ1) is 9.93. The molecule has 7 nitrogen and oxygen atoms in total. The molecule has 2 amide bonds. The summed E-state index contributed by atoms with van der Waals surface area (Å²) in [6, 6.07) is 0. The molecule has 120 valence electrons. The molecular formula is C14H24N2O5. The summed E-state index contributed by atoms with van der Waals surface area (Å²) in [7, 11) is 1.27. The van der Waals surface area contributed by atoms with Crippen LogP contribution in [0.2, 0.25) is 0 Å². The van der Waals surface area contributed by atoms with E-state index in [4.69, 9.17) is 4.74 Å². The van der Waals surface area contributed by atoms with Crippen molar-refractivity contribution in [2.45, 2.75) is 26.7 Å². The van der Waals surface area contributed by atoms with Crippen molar-refractivity contribution in [2.75, 3.05) is 33.4 Å². The third kappa shape index (κ3) is 6.01. The molecule has 0 radical (unpaired) electrons. The summed E-state index contributed by atoms with van der Waals surface area (Å²) in [5.74, 6) is -0.520. The predicted molar refractivity (Wildman–Crippen MR) is 75.5 cm³/mol. The third-order valence-electron chi connectivity index (χ3n) is 3.30. The zero-order valence-electron chi connectivity index (χ0n) is 12.9. The molecule has 1 aliphatic heterocycles. The van der Waals surface area contributed by atoms with Gasteiger partial charge in [-0.05, 0) is 18.8 Å². The molecule has 0 spiro atoms. The number of rotatable bonds is 5. The predicted octanol–water partition coefficient (Wildman–Crippen LogP) is 0.780. The van der Waals surface area contributed by atoms with E-state index in [1.807, 2.05) is 13.8 Å². The fourth-order valence-electron chi connectivity index (χ4n) is 2.03. The van der Waals surface area contributed by atoms with Crippen LogP contribution in [0, 0.1) is 11.8 Å². The van der Waals surface area contributed by atoms with Crippen molar-refractivity contribution in [3.8, 4) is 0 Å². The van der Waals surface area contributed by atoms with E-state index in [-0.39, 0.29) is 24.5 Å². The summed E-state index contributed by atoms with van der Waals surface area (Å²) in [6.45, 7) is 5.22. The summed E-state index contributed by atoms with van der Waals surface area (Å²) < 4.78 is 9.62. The zero-order valence-corrected chi connectivity index (χ0v) is 12.9. The van der Waals surface area contributed by atoms with Gasteiger partial charge in [0.25, 0.3) is 0 Å². The molecule has 21 heavy (non-hydrogen) atoms. The summed E-state index contributed by atoms with van der Waals surface area (Å²) in [4.78, 5) is 36.2. The van der Waals surface area contributed by atoms with Gasteiger partial charge in [-0.2, -0.15) is 0 Å². The molecule has 1 rings (SSSR count). The van der Waals surface area contributed by atoms with Crippen LogP contribution in [0.15, 0.2) is 0 Å². The first-order valence-corrected chi connectivity index (χ1v) is 7.20. The van der Waals surface area contributed by atoms with Gasteiger partial charge in [-0.1, -0.05) is 13.8 Å². The van der Waals surface area contributed by atoms with Crippen molar-refractivity contribution in [3.05, 3.63) is 0 Å². The average Bonchev–Trinajstić information content (AvgIpc) is 2.49. The molecule has 0 unspecified atom stereocenters. The number of piperidine rings is 1. The molecule has 0 aromatic heterocycles. The molecule has 1 heterocycles. The maximum absolute atomic E-state index is 11.9. The summed E-state index contributed by atoms with van der Waals surface area (Å²) in [5.41, 5.74) is 0. The van der Waals surface area contributed by atoms with Crippen LogP contribution in [0.5, 0.6) is 0 Å². The summed E-state index contributed by atoms with van der Waals surface area (Å²) >= 11 is 0. The molecule has 1 fully saturated rings. The number of esters is 1. The number of nitrogens with zero attached hydrogens (tertiary/aromatic N) is 1. The molecule has 0 saturated carbocycles. The summed E-state index contributed by atoms with van der Waals surface area (Å²) in [6.07, 6.45) is 0.824. The number of carbonyl (C=O) groups excluding carboxylic acids is 3. The van der Waals surface area contributed by atoms with E-state index in [0.717, 1.165) is 0 Å². The smallest absolute Gasteiger partial charge is 0.409 e. The van der Waals surface area contributed by atoms with Crippen molar-refractivity contribution in [1.29, 1.82) is 0 Å². The highest BCUT2D eigenvalue weighted by molar-refractivity contribution is 5.83. The molecule has 1 aliphatic rings. The van der Waals surface area contributed by atoms with Crippen LogP contribution in [-0.4, -0.2) is 56.2 Å². The minimum atomic E-state index is -0.474. The second kappa shape index (κ2) is 8.49. The van der Waals surface area contributed by atoms with Crippen LogP contribution < -0.4 is 5.32 Å². The van der Waals surface area contributed by atoms with E-state index >= 15 is 0 Å². The average molecular weight is 300 g/mol. The molecule has 0 aromatic rings. The lowest BCUT2D eigenvalue weighted by atomic mass is 9.96. The van der Waals surface area contributed by atoms with E-state index in [0.29, 0.717) is 38.5 Å². The number of methoxy groups -OCH3 is 1. The topological polar surface area (TPSA) is 84.9 Å². The van der Waals surface area contributed by atoms with Gasteiger partial charge in [-0.3, -0.25) is 9.59 Å². The Kier molecular flexibility index (Phi) is 6.98. The zero-order chi connectivity index (χ0) is 15.8. The second-order valence-corrected chi connectivity index (χ2v) is 5.53. The highest BCUT2D eigenvalue weighted by Crippen LogP contribution is 2.18. The minimum absolute atomic E-state index is 0.119. The number of nitrogens with one attached hydrogen (secondary N) is 1. The maximum Gasteiger partial charge on any atom is 0.409 e. The monoisotopic (exact) mass is 300 g/mol. The van der Waals surface area contributed by atoms with Gasteiger partial charge in [-0.15, -0.1) is 0 Å². The summed E-state index contributed by atoms with van der Waals surface area (Å²) in [5, 5.41) is 2.54. The first-order valence-electron chi connectivity index (χ1n) is 7.20. The number of amides is 2. The van der Waals surface area contributed by atoms with E-state index in [2.05, 4.69) is 10.1 Å². The molecule has 0 aliphatic carbocycles. The highest BCUT2D eigenvalue weighted by atomic mass is 16.6. The van der Waals surface area contributed by atoms with Gasteiger partial charge < -0.3 is 19.7 Å². The molecule has 1 saturated heterocycles. The Hall–Kier alpha value is -1.79. The van der Waals surface area contributed by atoms with Crippen molar-refractivity contribution in [2.24, 2.45) is 11.8 Å². The van der Waals surface area contributed by atoms with Gasteiger partial charge in [0.2, 0.25) is 5.91 Å². The number of carbonyl (C=O) groups is 3. The van der Waals surface area contributed by atoms with Crippen molar-refractivity contribution in [3.63, 3.8) is 0 Å². The molecule has 0 atom stereocenters. The van der Waals surface area contributed by atoms with Crippen molar-refractivity contribution < 1.29 is 23.9 Å². The number of ether oxygens (including phenoxy) is 2. The van der Waals surface area contributed by atoms with E-state index in [1.165, 1.54) is 7.11 Å². The van der Waals surface area contributed by atoms with Crippen molar-refractivity contribution >= 4 is 18.0 Å². The van der Waals surface area contributed by atoms with Crippen LogP contribution in [0.1, 0.15) is 26.7 Å². The standard InChI is InChI=1S/C14H24N2O5/c1-10(2)9-21-14(19)16-6-4-11(5-7-16)13(18)15-8-12(17)20-3/h10-11H,4-9H2,1-3H3,(H,15,18). The van der Waals surface area contributed by atoms with E-state index < -0.39 is 5.97 Å². The lowest BCUT2D eigenvalue weighted by molar-refractivity contribution is -0.141. The maximum atomic E-state index is 11.9. The molecule has 0 aromatic carbocycles. The van der Waals surface area contributed by atoms with Gasteiger partial charge >= 0.3 is 12.1 Å². The Balaban J connectivity index is 2.29. The fourth-order valence-corrected chi connectivity index (χ4v) is 2.03. The second-order valence-electron chi connectivity index (χ2n) is 5.53. The van der Waals surface area contributed by atoms with Crippen molar-refractivity contribution in [1.82, 2.24) is 10.2 Å². The van der Waals surface area contributed by atoms with Crippen LogP contribution >= 0.6 is 0 Å². The van der Waals surface area contributed by atoms with Gasteiger partial charge in [0.15, 0.2) is 0 Å². The quantitative estimate of drug-likeness (QED) is 0.758. The largest absolute Gasteiger partial charge is 0.468 e.